The van der Waals surface area contributed by atoms with Gasteiger partial charge in [0.15, 0.2) is 0 Å². The van der Waals surface area contributed by atoms with Crippen molar-refractivity contribution in [2.75, 3.05) is 39.3 Å². The number of phenolic OH excluding ortho intramolecular Hbond substituents is 1. The van der Waals surface area contributed by atoms with E-state index >= 15 is 0 Å². The van der Waals surface area contributed by atoms with Crippen LogP contribution in [0.3, 0.4) is 0 Å². The Bertz CT molecular complexity index is 1130. The molecule has 2 amide bonds. The largest absolute Gasteiger partial charge is 0.507 e. The van der Waals surface area contributed by atoms with E-state index in [0.717, 1.165) is 49.2 Å². The molecule has 3 rings (SSSR count). The topological polar surface area (TPSA) is 64.1 Å². The minimum atomic E-state index is -0.247. The van der Waals surface area contributed by atoms with Crippen LogP contribution in [0.2, 0.25) is 0 Å². The fraction of sp³-hybridized carbons (Fsp3) is 0.529. The van der Waals surface area contributed by atoms with Gasteiger partial charge in [0.2, 0.25) is 11.8 Å². The lowest BCUT2D eigenvalue weighted by Crippen LogP contribution is -2.51. The number of rotatable bonds is 9. The van der Waals surface area contributed by atoms with Crippen molar-refractivity contribution in [1.29, 1.82) is 0 Å². The van der Waals surface area contributed by atoms with Gasteiger partial charge in [0.05, 0.1) is 0 Å². The molecule has 0 saturated carbocycles. The summed E-state index contributed by atoms with van der Waals surface area (Å²) in [5.41, 5.74) is 3.37. The molecule has 218 valence electrons. The molecule has 2 aromatic carbocycles. The lowest BCUT2D eigenvalue weighted by Gasteiger charge is -2.35. The van der Waals surface area contributed by atoms with Crippen LogP contribution in [0.1, 0.15) is 83.6 Å². The number of nitrogens with zero attached hydrogens (tertiary/aromatic N) is 3. The summed E-state index contributed by atoms with van der Waals surface area (Å²) in [4.78, 5) is 32.5. The van der Waals surface area contributed by atoms with E-state index < -0.39 is 0 Å². The summed E-state index contributed by atoms with van der Waals surface area (Å²) < 4.78 is 0. The number of amides is 2. The molecule has 40 heavy (non-hydrogen) atoms. The average molecular weight is 548 g/mol. The molecule has 1 heterocycles. The normalized spacial score (nSPS) is 15.0. The molecule has 0 spiro atoms. The van der Waals surface area contributed by atoms with Crippen molar-refractivity contribution in [2.45, 2.75) is 78.7 Å². The Morgan fingerprint density at radius 2 is 1.50 bits per heavy atom. The second-order valence-electron chi connectivity index (χ2n) is 13.1. The Morgan fingerprint density at radius 1 is 0.925 bits per heavy atom. The first-order valence-electron chi connectivity index (χ1n) is 14.7. The first-order chi connectivity index (χ1) is 18.8. The van der Waals surface area contributed by atoms with Crippen molar-refractivity contribution in [3.8, 4) is 5.75 Å². The minimum absolute atomic E-state index is 0.00638. The number of hydrogen-bond acceptors (Lipinski definition) is 4. The van der Waals surface area contributed by atoms with Gasteiger partial charge in [-0.25, -0.2) is 0 Å². The van der Waals surface area contributed by atoms with Crippen molar-refractivity contribution in [3.05, 3.63) is 70.8 Å². The predicted molar refractivity (Wildman–Crippen MR) is 164 cm³/mol. The van der Waals surface area contributed by atoms with E-state index in [0.29, 0.717) is 25.4 Å². The maximum Gasteiger partial charge on any atom is 0.247 e. The van der Waals surface area contributed by atoms with Crippen molar-refractivity contribution < 1.29 is 14.7 Å². The molecular weight excluding hydrogens is 498 g/mol. The Hall–Kier alpha value is -3.12. The number of carbonyl (C=O) groups excluding carboxylic acids is 2. The highest BCUT2D eigenvalue weighted by atomic mass is 16.3. The highest BCUT2D eigenvalue weighted by Gasteiger charge is 2.27. The molecule has 0 radical (unpaired) electrons. The Labute approximate surface area is 241 Å². The quantitative estimate of drug-likeness (QED) is 0.393. The van der Waals surface area contributed by atoms with Gasteiger partial charge in [0.1, 0.15) is 12.3 Å². The highest BCUT2D eigenvalue weighted by Crippen LogP contribution is 2.40. The van der Waals surface area contributed by atoms with Crippen LogP contribution in [0.25, 0.3) is 6.08 Å². The van der Waals surface area contributed by atoms with Gasteiger partial charge in [-0.05, 0) is 46.6 Å². The number of piperazine rings is 1. The summed E-state index contributed by atoms with van der Waals surface area (Å²) in [6.45, 7) is 19.1. The third-order valence-corrected chi connectivity index (χ3v) is 7.56. The Morgan fingerprint density at radius 3 is 2.02 bits per heavy atom. The van der Waals surface area contributed by atoms with Crippen LogP contribution in [0.15, 0.2) is 48.5 Å². The molecule has 1 N–H and O–H groups in total. The first-order valence-corrected chi connectivity index (χ1v) is 14.7. The molecular formula is C34H49N3O3. The third-order valence-electron chi connectivity index (χ3n) is 7.56. The first kappa shape index (κ1) is 31.4. The lowest BCUT2D eigenvalue weighted by atomic mass is 9.78. The predicted octanol–water partition coefficient (Wildman–Crippen LogP) is 5.97. The highest BCUT2D eigenvalue weighted by molar-refractivity contribution is 5.94. The number of hydrogen-bond donors (Lipinski definition) is 1. The van der Waals surface area contributed by atoms with Gasteiger partial charge >= 0.3 is 0 Å². The van der Waals surface area contributed by atoms with Gasteiger partial charge in [-0.1, -0.05) is 85.2 Å². The van der Waals surface area contributed by atoms with Gasteiger partial charge in [0.25, 0.3) is 0 Å². The van der Waals surface area contributed by atoms with Crippen molar-refractivity contribution >= 4 is 17.9 Å². The summed E-state index contributed by atoms with van der Waals surface area (Å²) in [5, 5.41) is 11.0. The summed E-state index contributed by atoms with van der Waals surface area (Å²) in [6.07, 6.45) is 5.19. The minimum Gasteiger partial charge on any atom is -0.507 e. The molecule has 1 saturated heterocycles. The zero-order valence-electron chi connectivity index (χ0n) is 25.7. The molecule has 6 heteroatoms. The van der Waals surface area contributed by atoms with Gasteiger partial charge < -0.3 is 14.9 Å². The zero-order chi connectivity index (χ0) is 29.5. The van der Waals surface area contributed by atoms with Crippen LogP contribution in [0.5, 0.6) is 5.75 Å². The lowest BCUT2D eigenvalue weighted by molar-refractivity contribution is -0.139. The van der Waals surface area contributed by atoms with Crippen LogP contribution in [-0.2, 0) is 27.0 Å². The van der Waals surface area contributed by atoms with E-state index in [-0.39, 0.29) is 29.2 Å². The smallest absolute Gasteiger partial charge is 0.247 e. The van der Waals surface area contributed by atoms with Crippen LogP contribution in [0.4, 0.5) is 0 Å². The Balaban J connectivity index is 1.69. The van der Waals surface area contributed by atoms with Gasteiger partial charge in [-0.15, -0.1) is 0 Å². The van der Waals surface area contributed by atoms with Crippen LogP contribution in [-0.4, -0.2) is 70.9 Å². The molecule has 6 nitrogen and oxygen atoms in total. The molecule has 2 aromatic rings. The number of aromatic hydroxyl groups is 1. The fourth-order valence-electron chi connectivity index (χ4n) is 5.05. The van der Waals surface area contributed by atoms with Crippen molar-refractivity contribution in [3.63, 3.8) is 0 Å². The number of carbonyl (C=O) groups is 2. The molecule has 0 atom stereocenters. The van der Waals surface area contributed by atoms with E-state index in [9.17, 15) is 14.7 Å². The summed E-state index contributed by atoms with van der Waals surface area (Å²) in [5.74, 6) is 0.168. The maximum atomic E-state index is 13.3. The van der Waals surface area contributed by atoms with Gasteiger partial charge in [0, 0.05) is 56.5 Å². The summed E-state index contributed by atoms with van der Waals surface area (Å²) in [7, 11) is 0. The average Bonchev–Trinajstić information content (AvgIpc) is 2.89. The molecule has 1 fully saturated rings. The standard InChI is InChI=1S/C34H49N3O3/c1-8-9-17-37(25-31(39)36-20-18-35(19-21-36)24-26-13-11-10-12-14-26)30(38)16-15-27-22-28(33(2,3)4)32(40)29(23-27)34(5,6)7/h10-16,22-23,40H,8-9,17-21,24-25H2,1-7H3/b16-15+. The van der Waals surface area contributed by atoms with E-state index in [1.807, 2.05) is 29.2 Å². The van der Waals surface area contributed by atoms with Crippen LogP contribution < -0.4 is 0 Å². The van der Waals surface area contributed by atoms with Crippen molar-refractivity contribution in [1.82, 2.24) is 14.7 Å². The van der Waals surface area contributed by atoms with Gasteiger partial charge in [-0.3, -0.25) is 14.5 Å². The molecule has 0 aliphatic carbocycles. The second-order valence-corrected chi connectivity index (χ2v) is 13.1. The molecule has 1 aliphatic rings. The second kappa shape index (κ2) is 13.5. The van der Waals surface area contributed by atoms with Crippen LogP contribution >= 0.6 is 0 Å². The number of unbranched alkanes of at least 4 members (excludes halogenated alkanes) is 1. The molecule has 1 aliphatic heterocycles. The zero-order valence-corrected chi connectivity index (χ0v) is 25.7. The summed E-state index contributed by atoms with van der Waals surface area (Å²) in [6, 6.07) is 14.3. The molecule has 0 bridgehead atoms. The number of benzene rings is 2. The van der Waals surface area contributed by atoms with Crippen LogP contribution in [0, 0.1) is 0 Å². The third kappa shape index (κ3) is 8.69. The van der Waals surface area contributed by atoms with Crippen molar-refractivity contribution in [2.24, 2.45) is 0 Å². The number of phenols is 1. The maximum absolute atomic E-state index is 13.3. The fourth-order valence-corrected chi connectivity index (χ4v) is 5.05. The molecule has 0 unspecified atom stereocenters. The Kier molecular flexibility index (Phi) is 10.6. The SMILES string of the molecule is CCCCN(CC(=O)N1CCN(Cc2ccccc2)CC1)C(=O)/C=C/c1cc(C(C)(C)C)c(O)c(C(C)(C)C)c1. The van der Waals surface area contributed by atoms with E-state index in [2.05, 4.69) is 77.6 Å². The van der Waals surface area contributed by atoms with E-state index in [1.54, 1.807) is 11.0 Å². The summed E-state index contributed by atoms with van der Waals surface area (Å²) >= 11 is 0. The van der Waals surface area contributed by atoms with E-state index in [1.165, 1.54) is 5.56 Å². The van der Waals surface area contributed by atoms with E-state index in [4.69, 9.17) is 0 Å². The monoisotopic (exact) mass is 547 g/mol. The van der Waals surface area contributed by atoms with Gasteiger partial charge in [-0.2, -0.15) is 0 Å². The molecule has 0 aromatic heterocycles.